The largest absolute Gasteiger partial charge is 0.351 e. The van der Waals surface area contributed by atoms with E-state index in [2.05, 4.69) is 5.32 Å². The van der Waals surface area contributed by atoms with Gasteiger partial charge >= 0.3 is 0 Å². The molecule has 1 N–H and O–H groups in total. The molecule has 0 atom stereocenters. The Morgan fingerprint density at radius 2 is 1.81 bits per heavy atom. The maximum absolute atomic E-state index is 12.5. The highest BCUT2D eigenvalue weighted by atomic mass is 35.5. The third-order valence-electron chi connectivity index (χ3n) is 3.53. The summed E-state index contributed by atoms with van der Waals surface area (Å²) in [7, 11) is 0. The van der Waals surface area contributed by atoms with E-state index in [1.807, 2.05) is 24.3 Å². The van der Waals surface area contributed by atoms with E-state index in [0.29, 0.717) is 27.5 Å². The molecule has 0 fully saturated rings. The summed E-state index contributed by atoms with van der Waals surface area (Å²) in [6.45, 7) is 0. The molecule has 2 heterocycles. The van der Waals surface area contributed by atoms with Gasteiger partial charge in [0.2, 0.25) is 10.9 Å². The summed E-state index contributed by atoms with van der Waals surface area (Å²) in [6.07, 6.45) is 0. The molecule has 3 nitrogen and oxygen atoms in total. The summed E-state index contributed by atoms with van der Waals surface area (Å²) < 4.78 is 0. The first-order chi connectivity index (χ1) is 10.1. The van der Waals surface area contributed by atoms with Crippen molar-refractivity contribution < 1.29 is 9.59 Å². The van der Waals surface area contributed by atoms with Crippen LogP contribution in [-0.4, -0.2) is 10.9 Å². The molecule has 4 rings (SSSR count). The lowest BCUT2D eigenvalue weighted by molar-refractivity contribution is -0.106. The topological polar surface area (TPSA) is 46.2 Å². The van der Waals surface area contributed by atoms with Gasteiger partial charge in [-0.2, -0.15) is 0 Å². The standard InChI is InChI=1S/C16H8ClNO2S/c17-8-5-6-9-11(7-8)18-14(15(9)19)13-10-3-1-2-4-12(10)21-16(13)20/h1-7,18H/b14-13-. The fourth-order valence-electron chi connectivity index (χ4n) is 2.58. The molecule has 21 heavy (non-hydrogen) atoms. The maximum Gasteiger partial charge on any atom is 0.227 e. The van der Waals surface area contributed by atoms with E-state index in [1.54, 1.807) is 18.2 Å². The molecular weight excluding hydrogens is 306 g/mol. The number of carbonyl (C=O) groups excluding carboxylic acids is 2. The van der Waals surface area contributed by atoms with Crippen molar-refractivity contribution in [3.05, 3.63) is 64.3 Å². The van der Waals surface area contributed by atoms with Crippen LogP contribution in [0.25, 0.3) is 5.57 Å². The number of hydrogen-bond donors (Lipinski definition) is 1. The van der Waals surface area contributed by atoms with Gasteiger partial charge in [-0.1, -0.05) is 29.8 Å². The molecule has 0 amide bonds. The molecule has 0 unspecified atom stereocenters. The van der Waals surface area contributed by atoms with Crippen LogP contribution in [-0.2, 0) is 4.79 Å². The summed E-state index contributed by atoms with van der Waals surface area (Å²) in [4.78, 5) is 25.7. The fourth-order valence-corrected chi connectivity index (χ4v) is 3.69. The third-order valence-corrected chi connectivity index (χ3v) is 4.73. The molecule has 102 valence electrons. The van der Waals surface area contributed by atoms with Crippen molar-refractivity contribution >= 4 is 45.5 Å². The zero-order valence-corrected chi connectivity index (χ0v) is 12.2. The molecule has 2 aromatic carbocycles. The van der Waals surface area contributed by atoms with Crippen molar-refractivity contribution in [3.63, 3.8) is 0 Å². The molecule has 0 radical (unpaired) electrons. The summed E-state index contributed by atoms with van der Waals surface area (Å²) in [5.74, 6) is -0.165. The van der Waals surface area contributed by atoms with Crippen LogP contribution in [0.15, 0.2) is 53.1 Å². The second-order valence-electron chi connectivity index (χ2n) is 4.78. The Bertz CT molecular complexity index is 857. The van der Waals surface area contributed by atoms with Gasteiger partial charge < -0.3 is 5.32 Å². The molecule has 0 bridgehead atoms. The second kappa shape index (κ2) is 4.48. The summed E-state index contributed by atoms with van der Waals surface area (Å²) >= 11 is 7.10. The van der Waals surface area contributed by atoms with E-state index >= 15 is 0 Å². The third kappa shape index (κ3) is 1.83. The molecule has 5 heteroatoms. The van der Waals surface area contributed by atoms with Gasteiger partial charge in [0.25, 0.3) is 0 Å². The number of benzene rings is 2. The van der Waals surface area contributed by atoms with E-state index in [-0.39, 0.29) is 10.9 Å². The number of ketones is 1. The lowest BCUT2D eigenvalue weighted by Crippen LogP contribution is -2.07. The van der Waals surface area contributed by atoms with E-state index in [1.165, 1.54) is 0 Å². The van der Waals surface area contributed by atoms with Gasteiger partial charge in [0.15, 0.2) is 0 Å². The van der Waals surface area contributed by atoms with Crippen molar-refractivity contribution in [2.45, 2.75) is 4.90 Å². The Balaban J connectivity index is 1.92. The number of fused-ring (bicyclic) bond motifs is 2. The Labute approximate surface area is 130 Å². The molecule has 2 aliphatic rings. The van der Waals surface area contributed by atoms with Gasteiger partial charge in [-0.3, -0.25) is 9.59 Å². The second-order valence-corrected chi connectivity index (χ2v) is 6.23. The van der Waals surface area contributed by atoms with Crippen LogP contribution in [0.5, 0.6) is 0 Å². The van der Waals surface area contributed by atoms with Gasteiger partial charge in [-0.15, -0.1) is 0 Å². The van der Waals surface area contributed by atoms with E-state index in [4.69, 9.17) is 11.6 Å². The highest BCUT2D eigenvalue weighted by Gasteiger charge is 2.35. The molecule has 0 spiro atoms. The van der Waals surface area contributed by atoms with Crippen molar-refractivity contribution in [3.8, 4) is 0 Å². The highest BCUT2D eigenvalue weighted by molar-refractivity contribution is 8.15. The van der Waals surface area contributed by atoms with Crippen LogP contribution in [0.2, 0.25) is 5.02 Å². The Kier molecular flexibility index (Phi) is 2.71. The first-order valence-corrected chi connectivity index (χ1v) is 7.52. The average molecular weight is 314 g/mol. The van der Waals surface area contributed by atoms with Gasteiger partial charge in [0.05, 0.1) is 17.0 Å². The first kappa shape index (κ1) is 12.7. The van der Waals surface area contributed by atoms with Crippen molar-refractivity contribution in [2.24, 2.45) is 0 Å². The van der Waals surface area contributed by atoms with Gasteiger partial charge in [-0.25, -0.2) is 0 Å². The average Bonchev–Trinajstić information content (AvgIpc) is 2.95. The smallest absolute Gasteiger partial charge is 0.227 e. The lowest BCUT2D eigenvalue weighted by atomic mass is 10.0. The van der Waals surface area contributed by atoms with Gasteiger partial charge in [-0.05, 0) is 36.0 Å². The molecule has 0 aromatic heterocycles. The first-order valence-electron chi connectivity index (χ1n) is 6.32. The van der Waals surface area contributed by atoms with Crippen molar-refractivity contribution in [1.82, 2.24) is 0 Å². The Hall–Kier alpha value is -2.04. The Morgan fingerprint density at radius 1 is 1.00 bits per heavy atom. The number of Topliss-reactive ketones (excluding diaryl/α,β-unsaturated/α-hetero) is 1. The number of halogens is 1. The predicted molar refractivity (Wildman–Crippen MR) is 83.6 cm³/mol. The predicted octanol–water partition coefficient (Wildman–Crippen LogP) is 3.99. The summed E-state index contributed by atoms with van der Waals surface area (Å²) in [6, 6.07) is 12.5. The zero-order chi connectivity index (χ0) is 14.6. The van der Waals surface area contributed by atoms with Gasteiger partial charge in [0, 0.05) is 21.0 Å². The zero-order valence-electron chi connectivity index (χ0n) is 10.6. The summed E-state index contributed by atoms with van der Waals surface area (Å²) in [5, 5.41) is 3.49. The molecular formula is C16H8ClNO2S. The van der Waals surface area contributed by atoms with Crippen LogP contribution in [0.1, 0.15) is 15.9 Å². The normalized spacial score (nSPS) is 19.5. The van der Waals surface area contributed by atoms with Crippen LogP contribution >= 0.6 is 23.4 Å². The highest BCUT2D eigenvalue weighted by Crippen LogP contribution is 2.44. The van der Waals surface area contributed by atoms with Crippen molar-refractivity contribution in [1.29, 1.82) is 0 Å². The number of rotatable bonds is 0. The number of thioether (sulfide) groups is 1. The van der Waals surface area contributed by atoms with Crippen molar-refractivity contribution in [2.75, 3.05) is 5.32 Å². The molecule has 0 aliphatic carbocycles. The SMILES string of the molecule is O=C1Sc2ccccc2/C1=C1/Nc2cc(Cl)ccc2C1=O. The minimum absolute atomic E-state index is 0.106. The molecule has 0 saturated heterocycles. The fraction of sp³-hybridized carbons (Fsp3) is 0. The van der Waals surface area contributed by atoms with Crippen LogP contribution in [0, 0.1) is 0 Å². The monoisotopic (exact) mass is 313 g/mol. The van der Waals surface area contributed by atoms with Crippen LogP contribution in [0.3, 0.4) is 0 Å². The Morgan fingerprint density at radius 3 is 2.67 bits per heavy atom. The lowest BCUT2D eigenvalue weighted by Gasteiger charge is -2.03. The van der Waals surface area contributed by atoms with E-state index in [9.17, 15) is 9.59 Å². The maximum atomic E-state index is 12.5. The van der Waals surface area contributed by atoms with E-state index in [0.717, 1.165) is 22.2 Å². The number of allylic oxidation sites excluding steroid dienone is 1. The van der Waals surface area contributed by atoms with Crippen LogP contribution < -0.4 is 5.32 Å². The van der Waals surface area contributed by atoms with Crippen LogP contribution in [0.4, 0.5) is 5.69 Å². The quantitative estimate of drug-likeness (QED) is 0.747. The minimum atomic E-state index is -0.165. The van der Waals surface area contributed by atoms with Gasteiger partial charge in [0.1, 0.15) is 0 Å². The molecule has 2 aliphatic heterocycles. The summed E-state index contributed by atoms with van der Waals surface area (Å²) in [5.41, 5.74) is 2.80. The number of anilines is 1. The van der Waals surface area contributed by atoms with E-state index < -0.39 is 0 Å². The number of carbonyl (C=O) groups is 2. The number of nitrogens with one attached hydrogen (secondary N) is 1. The molecule has 2 aromatic rings. The molecule has 0 saturated carbocycles. The minimum Gasteiger partial charge on any atom is -0.351 e. The number of hydrogen-bond acceptors (Lipinski definition) is 4.